The number of nitrogens with zero attached hydrogens (tertiary/aromatic N) is 1. The fourth-order valence-electron chi connectivity index (χ4n) is 1.70. The summed E-state index contributed by atoms with van der Waals surface area (Å²) in [6, 6.07) is 3.98. The van der Waals surface area contributed by atoms with E-state index < -0.39 is 6.43 Å². The van der Waals surface area contributed by atoms with Crippen LogP contribution in [0.1, 0.15) is 12.0 Å². The predicted octanol–water partition coefficient (Wildman–Crippen LogP) is 2.88. The van der Waals surface area contributed by atoms with Crippen molar-refractivity contribution in [1.82, 2.24) is 5.16 Å². The van der Waals surface area contributed by atoms with Crippen LogP contribution in [0.25, 0.3) is 11.3 Å². The van der Waals surface area contributed by atoms with E-state index in [0.29, 0.717) is 5.75 Å². The van der Waals surface area contributed by atoms with Crippen molar-refractivity contribution in [3.05, 3.63) is 23.8 Å². The Morgan fingerprint density at radius 1 is 1.16 bits per heavy atom. The monoisotopic (exact) mass is 270 g/mol. The molecule has 0 amide bonds. The van der Waals surface area contributed by atoms with Gasteiger partial charge in [-0.1, -0.05) is 5.16 Å². The molecule has 0 spiro atoms. The lowest BCUT2D eigenvalue weighted by Gasteiger charge is -2.12. The third-order valence-electron chi connectivity index (χ3n) is 2.58. The van der Waals surface area contributed by atoms with Gasteiger partial charge in [0, 0.05) is 17.2 Å². The minimum absolute atomic E-state index is 0.116. The van der Waals surface area contributed by atoms with Crippen LogP contribution < -0.4 is 15.2 Å². The van der Waals surface area contributed by atoms with Crippen molar-refractivity contribution in [3.63, 3.8) is 0 Å². The van der Waals surface area contributed by atoms with Gasteiger partial charge in [0.1, 0.15) is 0 Å². The van der Waals surface area contributed by atoms with Crippen molar-refractivity contribution in [2.45, 2.75) is 6.43 Å². The Bertz CT molecular complexity index is 584. The number of rotatable bonds is 4. The molecule has 0 aliphatic rings. The molecule has 2 aromatic rings. The third kappa shape index (κ3) is 2.44. The van der Waals surface area contributed by atoms with Crippen LogP contribution in [-0.4, -0.2) is 19.4 Å². The number of nitrogens with two attached hydrogens (primary N) is 1. The highest BCUT2D eigenvalue weighted by atomic mass is 19.3. The van der Waals surface area contributed by atoms with Gasteiger partial charge in [-0.2, -0.15) is 0 Å². The van der Waals surface area contributed by atoms with Gasteiger partial charge in [-0.3, -0.25) is 0 Å². The zero-order chi connectivity index (χ0) is 14.0. The van der Waals surface area contributed by atoms with E-state index in [-0.39, 0.29) is 28.5 Å². The van der Waals surface area contributed by atoms with E-state index in [9.17, 15) is 8.78 Å². The molecule has 0 unspecified atom stereocenters. The fraction of sp³-hybridized carbons (Fsp3) is 0.250. The molecule has 1 heterocycles. The highest BCUT2D eigenvalue weighted by Gasteiger charge is 2.21. The maximum absolute atomic E-state index is 13.1. The second-order valence-corrected chi connectivity index (χ2v) is 3.71. The molecule has 102 valence electrons. The molecule has 0 fully saturated rings. The average Bonchev–Trinajstić information content (AvgIpc) is 2.83. The first-order valence-electron chi connectivity index (χ1n) is 5.33. The molecule has 2 N–H and O–H groups in total. The molecule has 0 radical (unpaired) electrons. The molecule has 0 saturated carbocycles. The van der Waals surface area contributed by atoms with Crippen LogP contribution in [0, 0.1) is 0 Å². The Labute approximate surface area is 107 Å². The van der Waals surface area contributed by atoms with Gasteiger partial charge < -0.3 is 19.7 Å². The van der Waals surface area contributed by atoms with Crippen molar-refractivity contribution in [2.24, 2.45) is 0 Å². The van der Waals surface area contributed by atoms with Crippen LogP contribution in [0.5, 0.6) is 11.5 Å². The van der Waals surface area contributed by atoms with Gasteiger partial charge in [0.25, 0.3) is 6.43 Å². The molecule has 1 aromatic carbocycles. The number of anilines is 1. The van der Waals surface area contributed by atoms with Gasteiger partial charge in [-0.25, -0.2) is 8.78 Å². The van der Waals surface area contributed by atoms with E-state index in [0.717, 1.165) is 0 Å². The lowest BCUT2D eigenvalue weighted by Crippen LogP contribution is -1.96. The van der Waals surface area contributed by atoms with Crippen LogP contribution in [0.3, 0.4) is 0 Å². The number of ether oxygens (including phenoxy) is 2. The van der Waals surface area contributed by atoms with Crippen LogP contribution in [0.2, 0.25) is 0 Å². The van der Waals surface area contributed by atoms with E-state index in [2.05, 4.69) is 5.16 Å². The first-order valence-corrected chi connectivity index (χ1v) is 5.33. The van der Waals surface area contributed by atoms with Crippen molar-refractivity contribution in [2.75, 3.05) is 20.0 Å². The number of halogens is 2. The van der Waals surface area contributed by atoms with Gasteiger partial charge in [0.15, 0.2) is 23.1 Å². The average molecular weight is 270 g/mol. The zero-order valence-corrected chi connectivity index (χ0v) is 10.3. The minimum Gasteiger partial charge on any atom is -0.493 e. The third-order valence-corrected chi connectivity index (χ3v) is 2.58. The minimum atomic E-state index is -2.69. The summed E-state index contributed by atoms with van der Waals surface area (Å²) in [5, 5.41) is 3.48. The summed E-state index contributed by atoms with van der Waals surface area (Å²) in [5.74, 6) is 0.796. The lowest BCUT2D eigenvalue weighted by molar-refractivity contribution is 0.151. The summed E-state index contributed by atoms with van der Waals surface area (Å²) >= 11 is 0. The molecule has 1 aromatic heterocycles. The predicted molar refractivity (Wildman–Crippen MR) is 64.4 cm³/mol. The summed E-state index contributed by atoms with van der Waals surface area (Å²) in [7, 11) is 2.79. The molecule has 0 aliphatic heterocycles. The molecular weight excluding hydrogens is 258 g/mol. The molecule has 7 heteroatoms. The number of hydrogen-bond acceptors (Lipinski definition) is 5. The van der Waals surface area contributed by atoms with Crippen molar-refractivity contribution >= 4 is 5.82 Å². The molecular formula is C12H12F2N2O3. The second kappa shape index (κ2) is 5.13. The van der Waals surface area contributed by atoms with Crippen LogP contribution in [0.15, 0.2) is 22.7 Å². The molecule has 0 atom stereocenters. The quantitative estimate of drug-likeness (QED) is 0.924. The lowest BCUT2D eigenvalue weighted by atomic mass is 10.0. The maximum atomic E-state index is 13.1. The number of hydrogen-bond donors (Lipinski definition) is 1. The summed E-state index contributed by atoms with van der Waals surface area (Å²) < 4.78 is 41.1. The largest absolute Gasteiger partial charge is 0.493 e. The molecule has 5 nitrogen and oxygen atoms in total. The Kier molecular flexibility index (Phi) is 3.55. The highest BCUT2D eigenvalue weighted by Crippen LogP contribution is 2.40. The normalized spacial score (nSPS) is 10.8. The number of alkyl halides is 2. The van der Waals surface area contributed by atoms with Crippen LogP contribution in [-0.2, 0) is 0 Å². The van der Waals surface area contributed by atoms with Gasteiger partial charge in [-0.15, -0.1) is 0 Å². The molecule has 0 saturated heterocycles. The van der Waals surface area contributed by atoms with Crippen LogP contribution in [0.4, 0.5) is 14.6 Å². The first kappa shape index (κ1) is 13.1. The van der Waals surface area contributed by atoms with Gasteiger partial charge >= 0.3 is 0 Å². The number of aromatic nitrogens is 1. The SMILES string of the molecule is COc1cc(-c2cc(N)no2)c(C(F)F)cc1OC. The van der Waals surface area contributed by atoms with E-state index in [1.165, 1.54) is 32.4 Å². The van der Waals surface area contributed by atoms with Gasteiger partial charge in [0.05, 0.1) is 14.2 Å². The summed E-state index contributed by atoms with van der Waals surface area (Å²) in [5.41, 5.74) is 5.34. The number of nitrogen functional groups attached to an aromatic ring is 1. The molecule has 0 bridgehead atoms. The van der Waals surface area contributed by atoms with E-state index in [1.54, 1.807) is 0 Å². The van der Waals surface area contributed by atoms with Crippen molar-refractivity contribution in [3.8, 4) is 22.8 Å². The topological polar surface area (TPSA) is 70.5 Å². The van der Waals surface area contributed by atoms with Gasteiger partial charge in [-0.05, 0) is 12.1 Å². The Morgan fingerprint density at radius 3 is 2.26 bits per heavy atom. The van der Waals surface area contributed by atoms with Crippen molar-refractivity contribution in [1.29, 1.82) is 0 Å². The fourth-order valence-corrected chi connectivity index (χ4v) is 1.70. The molecule has 2 rings (SSSR count). The Morgan fingerprint density at radius 2 is 1.79 bits per heavy atom. The summed E-state index contributed by atoms with van der Waals surface area (Å²) in [6.45, 7) is 0. The van der Waals surface area contributed by atoms with E-state index in [1.807, 2.05) is 0 Å². The zero-order valence-electron chi connectivity index (χ0n) is 10.3. The number of benzene rings is 1. The summed E-state index contributed by atoms with van der Waals surface area (Å²) in [4.78, 5) is 0. The smallest absolute Gasteiger partial charge is 0.264 e. The second-order valence-electron chi connectivity index (χ2n) is 3.71. The summed E-state index contributed by atoms with van der Waals surface area (Å²) in [6.07, 6.45) is -2.69. The Balaban J connectivity index is 2.63. The van der Waals surface area contributed by atoms with Crippen LogP contribution >= 0.6 is 0 Å². The van der Waals surface area contributed by atoms with Crippen molar-refractivity contribution < 1.29 is 22.8 Å². The number of methoxy groups -OCH3 is 2. The van der Waals surface area contributed by atoms with E-state index >= 15 is 0 Å². The maximum Gasteiger partial charge on any atom is 0.264 e. The first-order chi connectivity index (χ1) is 9.06. The standard InChI is InChI=1S/C12H12F2N2O3/c1-17-9-3-6(8-5-11(15)16-19-8)7(12(13)14)4-10(9)18-2/h3-5,12H,1-2H3,(H2,15,16). The Hall–Kier alpha value is -2.31. The van der Waals surface area contributed by atoms with E-state index in [4.69, 9.17) is 19.7 Å². The molecule has 0 aliphatic carbocycles. The highest BCUT2D eigenvalue weighted by molar-refractivity contribution is 5.69. The molecule has 19 heavy (non-hydrogen) atoms. The van der Waals surface area contributed by atoms with Gasteiger partial charge in [0.2, 0.25) is 0 Å².